The van der Waals surface area contributed by atoms with Crippen LogP contribution in [0.3, 0.4) is 0 Å². The Morgan fingerprint density at radius 1 is 1.10 bits per heavy atom. The second kappa shape index (κ2) is 3.51. The summed E-state index contributed by atoms with van der Waals surface area (Å²) in [6, 6.07) is 2.43. The summed E-state index contributed by atoms with van der Waals surface area (Å²) in [5.74, 6) is 0. The lowest BCUT2D eigenvalue weighted by Crippen LogP contribution is -2.48. The van der Waals surface area contributed by atoms with Gasteiger partial charge in [-0.3, -0.25) is 0 Å². The Labute approximate surface area is 63.8 Å². The molecule has 0 aliphatic carbocycles. The van der Waals surface area contributed by atoms with Crippen LogP contribution in [0.15, 0.2) is 0 Å². The topological polar surface area (TPSA) is 18.5 Å². The van der Waals surface area contributed by atoms with Gasteiger partial charge in [-0.25, -0.2) is 0 Å². The lowest BCUT2D eigenvalue weighted by atomic mass is 10.5. The van der Waals surface area contributed by atoms with E-state index >= 15 is 0 Å². The second-order valence-electron chi connectivity index (χ2n) is 2.63. The highest BCUT2D eigenvalue weighted by Crippen LogP contribution is 2.33. The summed E-state index contributed by atoms with van der Waals surface area (Å²) in [6.07, 6.45) is 1.31. The van der Waals surface area contributed by atoms with Crippen molar-refractivity contribution in [3.8, 4) is 0 Å². The van der Waals surface area contributed by atoms with Crippen LogP contribution in [0.2, 0.25) is 12.1 Å². The molecule has 0 saturated carbocycles. The Morgan fingerprint density at radius 3 is 1.80 bits per heavy atom. The van der Waals surface area contributed by atoms with E-state index in [2.05, 4.69) is 0 Å². The molecule has 0 spiro atoms. The molecule has 0 atom stereocenters. The van der Waals surface area contributed by atoms with Crippen LogP contribution in [-0.4, -0.2) is 21.8 Å². The standard InChI is InChI=1S/C7H16O2Si/c1-3-8-10(9-4-2)6-5-7-10/h3-7H2,1-2H3. The predicted octanol–water partition coefficient (Wildman–Crippen LogP) is 1.91. The highest BCUT2D eigenvalue weighted by molar-refractivity contribution is 6.70. The number of rotatable bonds is 4. The quantitative estimate of drug-likeness (QED) is 0.585. The zero-order valence-corrected chi connectivity index (χ0v) is 7.85. The van der Waals surface area contributed by atoms with Gasteiger partial charge in [-0.05, 0) is 32.4 Å². The Morgan fingerprint density at radius 2 is 1.60 bits per heavy atom. The predicted molar refractivity (Wildman–Crippen MR) is 43.2 cm³/mol. The molecule has 2 nitrogen and oxygen atoms in total. The first-order valence-corrected chi connectivity index (χ1v) is 6.34. The SMILES string of the molecule is CCO[Si]1(OCC)CCC1. The molecule has 0 aromatic carbocycles. The molecule has 0 aromatic heterocycles. The van der Waals surface area contributed by atoms with E-state index in [1.165, 1.54) is 18.5 Å². The second-order valence-corrected chi connectivity index (χ2v) is 6.03. The van der Waals surface area contributed by atoms with Crippen molar-refractivity contribution in [2.45, 2.75) is 32.4 Å². The van der Waals surface area contributed by atoms with E-state index in [9.17, 15) is 0 Å². The third kappa shape index (κ3) is 1.59. The molecule has 1 aliphatic heterocycles. The van der Waals surface area contributed by atoms with Crippen molar-refractivity contribution in [3.63, 3.8) is 0 Å². The molecule has 1 fully saturated rings. The van der Waals surface area contributed by atoms with Gasteiger partial charge in [0.05, 0.1) is 0 Å². The van der Waals surface area contributed by atoms with E-state index in [0.717, 1.165) is 13.2 Å². The first-order chi connectivity index (χ1) is 4.83. The fraction of sp³-hybridized carbons (Fsp3) is 1.00. The van der Waals surface area contributed by atoms with Crippen LogP contribution in [0.1, 0.15) is 20.3 Å². The molecule has 1 rings (SSSR count). The Balaban J connectivity index is 2.27. The molecule has 0 bridgehead atoms. The molecule has 0 N–H and O–H groups in total. The third-order valence-corrected chi connectivity index (χ3v) is 5.79. The van der Waals surface area contributed by atoms with Crippen molar-refractivity contribution in [1.29, 1.82) is 0 Å². The maximum Gasteiger partial charge on any atom is 0.338 e. The van der Waals surface area contributed by atoms with Crippen LogP contribution in [0, 0.1) is 0 Å². The fourth-order valence-electron chi connectivity index (χ4n) is 1.32. The Hall–Kier alpha value is 0.137. The van der Waals surface area contributed by atoms with Gasteiger partial charge in [0.15, 0.2) is 0 Å². The van der Waals surface area contributed by atoms with Crippen LogP contribution >= 0.6 is 0 Å². The molecule has 1 aliphatic rings. The summed E-state index contributed by atoms with van der Waals surface area (Å²) in [7, 11) is -1.54. The van der Waals surface area contributed by atoms with E-state index in [-0.39, 0.29) is 0 Å². The van der Waals surface area contributed by atoms with Crippen molar-refractivity contribution in [1.82, 2.24) is 0 Å². The van der Waals surface area contributed by atoms with Gasteiger partial charge in [-0.2, -0.15) is 0 Å². The molecule has 0 unspecified atom stereocenters. The van der Waals surface area contributed by atoms with Crippen LogP contribution in [-0.2, 0) is 8.85 Å². The van der Waals surface area contributed by atoms with Gasteiger partial charge in [-0.15, -0.1) is 0 Å². The highest BCUT2D eigenvalue weighted by atomic mass is 28.4. The smallest absolute Gasteiger partial charge is 0.338 e. The number of hydrogen-bond acceptors (Lipinski definition) is 2. The Bertz CT molecular complexity index is 93.8. The molecule has 1 heterocycles. The zero-order chi connectivity index (χ0) is 7.45. The normalized spacial score (nSPS) is 22.2. The van der Waals surface area contributed by atoms with Crippen molar-refractivity contribution >= 4 is 8.56 Å². The van der Waals surface area contributed by atoms with Gasteiger partial charge in [0.2, 0.25) is 0 Å². The van der Waals surface area contributed by atoms with Crippen molar-refractivity contribution < 1.29 is 8.85 Å². The fourth-order valence-corrected chi connectivity index (χ4v) is 3.97. The molecule has 1 saturated heterocycles. The highest BCUT2D eigenvalue weighted by Gasteiger charge is 2.43. The van der Waals surface area contributed by atoms with E-state index in [0.29, 0.717) is 0 Å². The number of hydrogen-bond donors (Lipinski definition) is 0. The summed E-state index contributed by atoms with van der Waals surface area (Å²) < 4.78 is 11.2. The average Bonchev–Trinajstić information content (AvgIpc) is 1.84. The summed E-state index contributed by atoms with van der Waals surface area (Å²) in [4.78, 5) is 0. The minimum Gasteiger partial charge on any atom is -0.394 e. The molecule has 60 valence electrons. The van der Waals surface area contributed by atoms with Gasteiger partial charge in [0, 0.05) is 13.2 Å². The summed E-state index contributed by atoms with van der Waals surface area (Å²) in [5, 5.41) is 0. The van der Waals surface area contributed by atoms with Crippen LogP contribution in [0.4, 0.5) is 0 Å². The van der Waals surface area contributed by atoms with Crippen molar-refractivity contribution in [2.75, 3.05) is 13.2 Å². The van der Waals surface area contributed by atoms with Crippen LogP contribution in [0.25, 0.3) is 0 Å². The summed E-state index contributed by atoms with van der Waals surface area (Å²) in [6.45, 7) is 5.75. The van der Waals surface area contributed by atoms with E-state index in [4.69, 9.17) is 8.85 Å². The summed E-state index contributed by atoms with van der Waals surface area (Å²) in [5.41, 5.74) is 0. The lowest BCUT2D eigenvalue weighted by molar-refractivity contribution is 0.168. The zero-order valence-electron chi connectivity index (χ0n) is 6.85. The monoisotopic (exact) mass is 160 g/mol. The van der Waals surface area contributed by atoms with Gasteiger partial charge in [0.25, 0.3) is 0 Å². The first kappa shape index (κ1) is 8.24. The van der Waals surface area contributed by atoms with Crippen LogP contribution < -0.4 is 0 Å². The Kier molecular flexibility index (Phi) is 2.89. The molecular formula is C7H16O2Si. The molecule has 0 amide bonds. The third-order valence-electron chi connectivity index (χ3n) is 1.93. The molecule has 0 aromatic rings. The van der Waals surface area contributed by atoms with Crippen LogP contribution in [0.5, 0.6) is 0 Å². The average molecular weight is 160 g/mol. The van der Waals surface area contributed by atoms with Crippen molar-refractivity contribution in [3.05, 3.63) is 0 Å². The maximum atomic E-state index is 5.62. The minimum atomic E-state index is -1.54. The minimum absolute atomic E-state index is 0.826. The van der Waals surface area contributed by atoms with Gasteiger partial charge in [-0.1, -0.05) is 0 Å². The van der Waals surface area contributed by atoms with Gasteiger partial charge >= 0.3 is 8.56 Å². The summed E-state index contributed by atoms with van der Waals surface area (Å²) >= 11 is 0. The van der Waals surface area contributed by atoms with Gasteiger partial charge in [0.1, 0.15) is 0 Å². The van der Waals surface area contributed by atoms with E-state index in [1.807, 2.05) is 13.8 Å². The van der Waals surface area contributed by atoms with Gasteiger partial charge < -0.3 is 8.85 Å². The van der Waals surface area contributed by atoms with Crippen molar-refractivity contribution in [2.24, 2.45) is 0 Å². The maximum absolute atomic E-state index is 5.62. The molecule has 0 radical (unpaired) electrons. The lowest BCUT2D eigenvalue weighted by Gasteiger charge is -2.37. The molecule has 10 heavy (non-hydrogen) atoms. The van der Waals surface area contributed by atoms with E-state index < -0.39 is 8.56 Å². The molecular weight excluding hydrogens is 144 g/mol. The van der Waals surface area contributed by atoms with E-state index in [1.54, 1.807) is 0 Å². The molecule has 3 heteroatoms. The largest absolute Gasteiger partial charge is 0.394 e. The first-order valence-electron chi connectivity index (χ1n) is 4.11.